The molecule has 88 heavy (non-hydrogen) atoms. The molecule has 4 fully saturated rings. The van der Waals surface area contributed by atoms with Crippen LogP contribution >= 0.6 is 11.3 Å². The number of nitrogens with zero attached hydrogens (tertiary/aromatic N) is 5. The third kappa shape index (κ3) is 15.6. The minimum Gasteiger partial charge on any atom is -0.504 e. The van der Waals surface area contributed by atoms with Gasteiger partial charge in [-0.05, 0) is 80.3 Å². The molecule has 8 rings (SSSR count). The van der Waals surface area contributed by atoms with Crippen LogP contribution in [0, 0.1) is 5.92 Å². The Bertz CT molecular complexity index is 3350. The number of fused-ring (bicyclic) bond motifs is 2. The molecule has 0 spiro atoms. The molecule has 31 nitrogen and oxygen atoms in total. The number of phenolic OH excluding ortho intramolecular Hbond substituents is 1. The van der Waals surface area contributed by atoms with Crippen molar-refractivity contribution in [1.82, 2.24) is 46.6 Å². The number of primary amides is 1. The number of rotatable bonds is 14. The third-order valence-corrected chi connectivity index (χ3v) is 17.0. The number of phenols is 1. The Kier molecular flexibility index (Phi) is 21.0. The molecule has 8 amide bonds. The highest BCUT2D eigenvalue weighted by molar-refractivity contribution is 7.81. The summed E-state index contributed by atoms with van der Waals surface area (Å²) in [6.45, 7) is 2.54. The first kappa shape index (κ1) is 66.0. The standard InChI is InChI=1S/C55H69N11O20S2/c1-25-23-66-43(44(25)73)51(80)57-22-32(68)19-34(58-47(76)27-6-8-28(9-7-27)52-62-63-53(87-52)29-10-13-31(14-11-29)64-16-4-3-5-17-64)48(77)59-40(26(2)67)54(81)65-24-33(69)20-35(65)49(78)61-42(50(79)60-41(55(66)82)37(71)21-39(56)72)46(75)45(74)30-12-15-36(70)38(18-30)86-88(83,84)85/h6-15,18,25-26,32-35,37,40-46,67-71,73-75H,3-5,16-17,19-24H2,1-2H3,(H2,56,72)(H,57,80)(H,58,76)(H,59,77)(H,60,79)(H,61,78)(H,83,84,85)/t25-,26+,32+,33+,34-,35?,37+,40?,41?,42?,43?,44-,45-,46-/m0/s1. The molecule has 33 heteroatoms. The minimum atomic E-state index is -5.34. The number of hydrogen-bond donors (Lipinski definition) is 15. The lowest BCUT2D eigenvalue weighted by molar-refractivity contribution is -0.148. The highest BCUT2D eigenvalue weighted by atomic mass is 32.3. The first-order chi connectivity index (χ1) is 41.6. The van der Waals surface area contributed by atoms with Crippen molar-refractivity contribution in [3.8, 4) is 32.6 Å². The zero-order valence-electron chi connectivity index (χ0n) is 47.4. The van der Waals surface area contributed by atoms with E-state index < -0.39 is 199 Å². The summed E-state index contributed by atoms with van der Waals surface area (Å²) in [5.74, 6) is -13.1. The normalized spacial score (nSPS) is 26.9. The maximum Gasteiger partial charge on any atom is 0.446 e. The number of anilines is 1. The van der Waals surface area contributed by atoms with Gasteiger partial charge in [-0.3, -0.25) is 42.9 Å². The number of aromatic nitrogens is 2. The Hall–Kier alpha value is -7.99. The van der Waals surface area contributed by atoms with Crippen LogP contribution in [0.2, 0.25) is 0 Å². The van der Waals surface area contributed by atoms with Gasteiger partial charge in [0.15, 0.2) is 11.5 Å². The van der Waals surface area contributed by atoms with Crippen molar-refractivity contribution in [2.45, 2.75) is 131 Å². The second kappa shape index (κ2) is 28.0. The van der Waals surface area contributed by atoms with Crippen molar-refractivity contribution in [3.63, 3.8) is 0 Å². The van der Waals surface area contributed by atoms with Crippen molar-refractivity contribution in [3.05, 3.63) is 77.9 Å². The van der Waals surface area contributed by atoms with Crippen LogP contribution in [0.4, 0.5) is 5.69 Å². The summed E-state index contributed by atoms with van der Waals surface area (Å²) in [6.07, 6.45) is -13.2. The second-order valence-corrected chi connectivity index (χ2v) is 24.2. The topological polar surface area (TPSA) is 484 Å². The average Bonchev–Trinajstić information content (AvgIpc) is 2.22. The molecular weight excluding hydrogens is 1200 g/mol. The number of carbonyl (C=O) groups is 8. The molecule has 476 valence electrons. The zero-order valence-corrected chi connectivity index (χ0v) is 49.0. The fraction of sp³-hybridized carbons (Fsp3) is 0.491. The molecule has 0 saturated carbocycles. The number of aliphatic hydroxyl groups excluding tert-OH is 7. The maximum absolute atomic E-state index is 14.7. The van der Waals surface area contributed by atoms with Gasteiger partial charge in [-0.1, -0.05) is 36.5 Å². The van der Waals surface area contributed by atoms with E-state index in [4.69, 9.17) is 5.73 Å². The van der Waals surface area contributed by atoms with Crippen LogP contribution in [0.1, 0.15) is 74.4 Å². The Morgan fingerprint density at radius 2 is 1.36 bits per heavy atom. The summed E-state index contributed by atoms with van der Waals surface area (Å²) in [6, 6.07) is 3.73. The lowest BCUT2D eigenvalue weighted by Gasteiger charge is -2.34. The minimum absolute atomic E-state index is 0.0148. The summed E-state index contributed by atoms with van der Waals surface area (Å²) in [5, 5.41) is 111. The fourth-order valence-electron chi connectivity index (χ4n) is 10.9. The predicted molar refractivity (Wildman–Crippen MR) is 307 cm³/mol. The highest BCUT2D eigenvalue weighted by Gasteiger charge is 2.50. The van der Waals surface area contributed by atoms with E-state index in [1.54, 1.807) is 12.1 Å². The predicted octanol–water partition coefficient (Wildman–Crippen LogP) is -3.94. The van der Waals surface area contributed by atoms with Crippen LogP contribution in [-0.2, 0) is 44.0 Å². The van der Waals surface area contributed by atoms with E-state index in [0.717, 1.165) is 56.2 Å². The second-order valence-electron chi connectivity index (χ2n) is 22.2. The van der Waals surface area contributed by atoms with Crippen LogP contribution in [-0.4, -0.2) is 227 Å². The SMILES string of the molecule is C[C@@H](O)C1NC(=O)[C@@H](NC(=O)c2ccc(-c3nnc(-c4ccc(N5CCCCC5)cc4)s3)cc2)C[C@@H](O)CNC(=O)C2[C@@H](O)[C@@H](C)CN2C(=O)C([C@H](O)CC(N)=O)NC(=O)C([C@H](O)[C@@H](O)c2ccc(O)c(OS(=O)(=O)O)c2)NC(=O)C2C[C@@H](O)CN2C1=O. The monoisotopic (exact) mass is 1270 g/mol. The van der Waals surface area contributed by atoms with Gasteiger partial charge in [0.25, 0.3) is 5.91 Å². The van der Waals surface area contributed by atoms with Crippen molar-refractivity contribution >= 4 is 74.7 Å². The van der Waals surface area contributed by atoms with E-state index in [2.05, 4.69) is 45.9 Å². The number of hydrogen-bond acceptors (Lipinski definition) is 23. The maximum atomic E-state index is 14.7. The van der Waals surface area contributed by atoms with Crippen molar-refractivity contribution < 1.29 is 96.4 Å². The molecule has 0 aliphatic carbocycles. The molecule has 4 saturated heterocycles. The van der Waals surface area contributed by atoms with Gasteiger partial charge in [-0.25, -0.2) is 0 Å². The molecule has 1 aromatic heterocycles. The highest BCUT2D eigenvalue weighted by Crippen LogP contribution is 2.34. The third-order valence-electron chi connectivity index (χ3n) is 15.6. The summed E-state index contributed by atoms with van der Waals surface area (Å²) in [4.78, 5) is 117. The molecule has 16 N–H and O–H groups in total. The number of nitrogens with one attached hydrogen (secondary N) is 5. The molecule has 4 aliphatic heterocycles. The van der Waals surface area contributed by atoms with Crippen LogP contribution < -0.4 is 41.4 Å². The number of benzene rings is 3. The van der Waals surface area contributed by atoms with E-state index in [0.29, 0.717) is 31.4 Å². The quantitative estimate of drug-likeness (QED) is 0.0536. The van der Waals surface area contributed by atoms with E-state index in [1.165, 1.54) is 36.8 Å². The Morgan fingerprint density at radius 3 is 1.98 bits per heavy atom. The molecule has 4 aliphatic rings. The number of aliphatic hydroxyl groups is 7. The largest absolute Gasteiger partial charge is 0.504 e. The van der Waals surface area contributed by atoms with Crippen molar-refractivity contribution in [2.75, 3.05) is 37.6 Å². The van der Waals surface area contributed by atoms with E-state index >= 15 is 0 Å². The van der Waals surface area contributed by atoms with Crippen molar-refractivity contribution in [2.24, 2.45) is 11.7 Å². The summed E-state index contributed by atoms with van der Waals surface area (Å²) < 4.78 is 36.7. The Labute approximate surface area is 506 Å². The first-order valence-electron chi connectivity index (χ1n) is 28.0. The van der Waals surface area contributed by atoms with Crippen LogP contribution in [0.25, 0.3) is 21.1 Å². The molecule has 14 atom stereocenters. The van der Waals surface area contributed by atoms with Crippen LogP contribution in [0.5, 0.6) is 11.5 Å². The Balaban J connectivity index is 1.10. The number of aromatic hydroxyl groups is 1. The van der Waals surface area contributed by atoms with Crippen LogP contribution in [0.3, 0.4) is 0 Å². The van der Waals surface area contributed by atoms with Crippen molar-refractivity contribution in [1.29, 1.82) is 0 Å². The molecular formula is C55H69N11O20S2. The van der Waals surface area contributed by atoms with Gasteiger partial charge in [-0.2, -0.15) is 8.42 Å². The van der Waals surface area contributed by atoms with E-state index in [1.807, 2.05) is 24.3 Å². The zero-order chi connectivity index (χ0) is 64.1. The van der Waals surface area contributed by atoms with Gasteiger partial charge in [0.05, 0.1) is 36.9 Å². The first-order valence-corrected chi connectivity index (χ1v) is 30.2. The number of piperidine rings is 1. The van der Waals surface area contributed by atoms with Crippen LogP contribution in [0.15, 0.2) is 66.7 Å². The number of amides is 8. The van der Waals surface area contributed by atoms with E-state index in [-0.39, 0.29) is 5.56 Å². The van der Waals surface area contributed by atoms with Gasteiger partial charge >= 0.3 is 10.4 Å². The average molecular weight is 1270 g/mol. The van der Waals surface area contributed by atoms with Gasteiger partial charge in [0.1, 0.15) is 58.5 Å². The number of β-amino-alcohol motifs (C(OH)–C–C–N with tert-alkyl or cyclic N) is 1. The summed E-state index contributed by atoms with van der Waals surface area (Å²) in [7, 11) is -5.34. The number of carbonyl (C=O) groups excluding carboxylic acids is 8. The summed E-state index contributed by atoms with van der Waals surface area (Å²) in [5.41, 5.74) is 7.32. The molecule has 3 aromatic carbocycles. The lowest BCUT2D eigenvalue weighted by atomic mass is 9.96. The number of nitrogens with two attached hydrogens (primary N) is 1. The lowest BCUT2D eigenvalue weighted by Crippen LogP contribution is -2.64. The van der Waals surface area contributed by atoms with Gasteiger partial charge in [0.2, 0.25) is 41.4 Å². The smallest absolute Gasteiger partial charge is 0.446 e. The van der Waals surface area contributed by atoms with Gasteiger partial charge in [-0.15, -0.1) is 10.2 Å². The summed E-state index contributed by atoms with van der Waals surface area (Å²) >= 11 is 1.31. The Morgan fingerprint density at radius 1 is 0.761 bits per heavy atom. The van der Waals surface area contributed by atoms with Gasteiger partial charge in [0, 0.05) is 73.9 Å². The molecule has 5 unspecified atom stereocenters. The molecule has 4 aromatic rings. The molecule has 5 heterocycles. The van der Waals surface area contributed by atoms with E-state index in [9.17, 15) is 92.2 Å². The molecule has 0 bridgehead atoms. The molecule has 0 radical (unpaired) electrons. The fourth-order valence-corrected chi connectivity index (χ4v) is 12.1. The van der Waals surface area contributed by atoms with Gasteiger partial charge < -0.3 is 92.1 Å².